The highest BCUT2D eigenvalue weighted by atomic mass is 35.5. The lowest BCUT2D eigenvalue weighted by Crippen LogP contribution is -2.41. The highest BCUT2D eigenvalue weighted by Crippen LogP contribution is 2.12. The second kappa shape index (κ2) is 8.72. The van der Waals surface area contributed by atoms with E-state index in [4.69, 9.17) is 0 Å². The molecule has 17 heavy (non-hydrogen) atoms. The highest BCUT2D eigenvalue weighted by Gasteiger charge is 2.16. The molecule has 5 heteroatoms. The zero-order valence-electron chi connectivity index (χ0n) is 11.2. The summed E-state index contributed by atoms with van der Waals surface area (Å²) >= 11 is 0. The summed E-state index contributed by atoms with van der Waals surface area (Å²) in [5.41, 5.74) is 0. The highest BCUT2D eigenvalue weighted by molar-refractivity contribution is 5.85. The smallest absolute Gasteiger partial charge is 0.234 e. The number of carbonyl (C=O) groups is 1. The summed E-state index contributed by atoms with van der Waals surface area (Å²) < 4.78 is 0. The number of nitrogens with one attached hydrogen (secondary N) is 2. The van der Waals surface area contributed by atoms with E-state index in [0.717, 1.165) is 25.6 Å². The van der Waals surface area contributed by atoms with Crippen LogP contribution in [0.25, 0.3) is 0 Å². The Kier molecular flexibility index (Phi) is 8.56. The summed E-state index contributed by atoms with van der Waals surface area (Å²) in [6, 6.07) is 0.236. The Morgan fingerprint density at radius 2 is 2.00 bits per heavy atom. The quantitative estimate of drug-likeness (QED) is 0.774. The molecule has 0 spiro atoms. The van der Waals surface area contributed by atoms with Crippen molar-refractivity contribution in [3.05, 3.63) is 0 Å². The van der Waals surface area contributed by atoms with Gasteiger partial charge in [0, 0.05) is 12.6 Å². The van der Waals surface area contributed by atoms with Gasteiger partial charge in [-0.25, -0.2) is 0 Å². The van der Waals surface area contributed by atoms with Gasteiger partial charge >= 0.3 is 0 Å². The first-order chi connectivity index (χ1) is 7.58. The number of amides is 1. The summed E-state index contributed by atoms with van der Waals surface area (Å²) in [4.78, 5) is 13.7. The van der Waals surface area contributed by atoms with Gasteiger partial charge in [-0.1, -0.05) is 0 Å². The van der Waals surface area contributed by atoms with Gasteiger partial charge in [0.15, 0.2) is 0 Å². The average Bonchev–Trinajstić information content (AvgIpc) is 2.17. The van der Waals surface area contributed by atoms with E-state index in [9.17, 15) is 4.79 Å². The van der Waals surface area contributed by atoms with Gasteiger partial charge in [0.05, 0.1) is 6.54 Å². The molecule has 0 radical (unpaired) electrons. The van der Waals surface area contributed by atoms with Crippen molar-refractivity contribution in [2.24, 2.45) is 5.92 Å². The first-order valence-electron chi connectivity index (χ1n) is 6.26. The Morgan fingerprint density at radius 3 is 2.53 bits per heavy atom. The van der Waals surface area contributed by atoms with Crippen LogP contribution in [-0.4, -0.2) is 50.1 Å². The van der Waals surface area contributed by atoms with Crippen molar-refractivity contribution in [1.29, 1.82) is 0 Å². The summed E-state index contributed by atoms with van der Waals surface area (Å²) in [7, 11) is 2.03. The first-order valence-corrected chi connectivity index (χ1v) is 6.26. The number of likely N-dealkylation sites (N-methyl/N-ethyl adjacent to an activating group) is 1. The Balaban J connectivity index is 0.00000256. The van der Waals surface area contributed by atoms with E-state index in [1.807, 2.05) is 20.9 Å². The molecule has 0 atom stereocenters. The van der Waals surface area contributed by atoms with E-state index in [1.165, 1.54) is 12.8 Å². The van der Waals surface area contributed by atoms with Gasteiger partial charge in [-0.15, -0.1) is 12.4 Å². The molecule has 1 heterocycles. The molecule has 0 unspecified atom stereocenters. The fourth-order valence-electron chi connectivity index (χ4n) is 2.18. The minimum Gasteiger partial charge on any atom is -0.353 e. The van der Waals surface area contributed by atoms with Crippen molar-refractivity contribution in [2.75, 3.05) is 33.2 Å². The number of carbonyl (C=O) groups excluding carboxylic acids is 1. The van der Waals surface area contributed by atoms with Crippen molar-refractivity contribution in [1.82, 2.24) is 15.5 Å². The molecule has 4 nitrogen and oxygen atoms in total. The van der Waals surface area contributed by atoms with E-state index in [0.29, 0.717) is 6.54 Å². The molecular weight excluding hydrogens is 238 g/mol. The molecule has 0 aromatic rings. The topological polar surface area (TPSA) is 44.4 Å². The minimum absolute atomic E-state index is 0. The number of piperidine rings is 1. The number of nitrogens with zero attached hydrogens (tertiary/aromatic N) is 1. The molecular formula is C12H26ClN3O. The van der Waals surface area contributed by atoms with Gasteiger partial charge in [0.25, 0.3) is 0 Å². The molecule has 0 saturated carbocycles. The van der Waals surface area contributed by atoms with Gasteiger partial charge < -0.3 is 10.6 Å². The molecule has 1 aliphatic rings. The molecule has 102 valence electrons. The monoisotopic (exact) mass is 263 g/mol. The zero-order valence-corrected chi connectivity index (χ0v) is 12.0. The summed E-state index contributed by atoms with van der Waals surface area (Å²) in [6.45, 7) is 7.78. The van der Waals surface area contributed by atoms with Gasteiger partial charge in [0.2, 0.25) is 5.91 Å². The van der Waals surface area contributed by atoms with Crippen molar-refractivity contribution < 1.29 is 4.79 Å². The molecule has 2 N–H and O–H groups in total. The molecule has 1 fully saturated rings. The predicted octanol–water partition coefficient (Wildman–Crippen LogP) is 0.864. The zero-order chi connectivity index (χ0) is 12.0. The maximum atomic E-state index is 11.5. The predicted molar refractivity (Wildman–Crippen MR) is 73.6 cm³/mol. The van der Waals surface area contributed by atoms with E-state index in [-0.39, 0.29) is 24.4 Å². The van der Waals surface area contributed by atoms with Crippen LogP contribution in [0.5, 0.6) is 0 Å². The van der Waals surface area contributed by atoms with E-state index in [1.54, 1.807) is 0 Å². The maximum Gasteiger partial charge on any atom is 0.234 e. The molecule has 0 aromatic heterocycles. The lowest BCUT2D eigenvalue weighted by atomic mass is 9.98. The molecule has 1 rings (SSSR count). The van der Waals surface area contributed by atoms with Crippen molar-refractivity contribution in [3.63, 3.8) is 0 Å². The summed E-state index contributed by atoms with van der Waals surface area (Å²) in [6.07, 6.45) is 2.46. The van der Waals surface area contributed by atoms with Crippen molar-refractivity contribution >= 4 is 18.3 Å². The molecule has 1 saturated heterocycles. The van der Waals surface area contributed by atoms with Crippen LogP contribution in [0.2, 0.25) is 0 Å². The number of halogens is 1. The van der Waals surface area contributed by atoms with Crippen LogP contribution in [0.4, 0.5) is 0 Å². The number of hydrogen-bond donors (Lipinski definition) is 2. The standard InChI is InChI=1S/C12H25N3O.ClH/c1-10(2)14-12(16)9-15(3)8-11-4-6-13-7-5-11;/h10-11,13H,4-9H2,1-3H3,(H,14,16);1H. The Bertz CT molecular complexity index is 218. The minimum atomic E-state index is 0. The Morgan fingerprint density at radius 1 is 1.41 bits per heavy atom. The van der Waals surface area contributed by atoms with Crippen LogP contribution < -0.4 is 10.6 Å². The van der Waals surface area contributed by atoms with Gasteiger partial charge in [0.1, 0.15) is 0 Å². The normalized spacial score (nSPS) is 17.0. The fraction of sp³-hybridized carbons (Fsp3) is 0.917. The molecule has 0 bridgehead atoms. The fourth-order valence-corrected chi connectivity index (χ4v) is 2.18. The van der Waals surface area contributed by atoms with E-state index in [2.05, 4.69) is 15.5 Å². The Hall–Kier alpha value is -0.320. The number of hydrogen-bond acceptors (Lipinski definition) is 3. The summed E-state index contributed by atoms with van der Waals surface area (Å²) in [5, 5.41) is 6.27. The van der Waals surface area contributed by atoms with Crippen LogP contribution in [-0.2, 0) is 4.79 Å². The van der Waals surface area contributed by atoms with Crippen LogP contribution in [0, 0.1) is 5.92 Å². The van der Waals surface area contributed by atoms with Crippen LogP contribution in [0.15, 0.2) is 0 Å². The SMILES string of the molecule is CC(C)NC(=O)CN(C)CC1CCNCC1.Cl. The van der Waals surface area contributed by atoms with Gasteiger partial charge in [-0.05, 0) is 52.7 Å². The lowest BCUT2D eigenvalue weighted by Gasteiger charge is -2.27. The maximum absolute atomic E-state index is 11.5. The second-order valence-corrected chi connectivity index (χ2v) is 5.11. The van der Waals surface area contributed by atoms with Crippen LogP contribution in [0.1, 0.15) is 26.7 Å². The van der Waals surface area contributed by atoms with Crippen molar-refractivity contribution in [2.45, 2.75) is 32.7 Å². The average molecular weight is 264 g/mol. The van der Waals surface area contributed by atoms with E-state index >= 15 is 0 Å². The third kappa shape index (κ3) is 7.58. The third-order valence-corrected chi connectivity index (χ3v) is 2.89. The van der Waals surface area contributed by atoms with Crippen molar-refractivity contribution in [3.8, 4) is 0 Å². The summed E-state index contributed by atoms with van der Waals surface area (Å²) in [5.74, 6) is 0.879. The lowest BCUT2D eigenvalue weighted by molar-refractivity contribution is -0.122. The number of rotatable bonds is 5. The van der Waals surface area contributed by atoms with E-state index < -0.39 is 0 Å². The first kappa shape index (κ1) is 16.7. The molecule has 1 amide bonds. The van der Waals surface area contributed by atoms with Gasteiger partial charge in [-0.3, -0.25) is 9.69 Å². The Labute approximate surface area is 111 Å². The van der Waals surface area contributed by atoms with Crippen LogP contribution in [0.3, 0.4) is 0 Å². The second-order valence-electron chi connectivity index (χ2n) is 5.11. The largest absolute Gasteiger partial charge is 0.353 e. The molecule has 0 aromatic carbocycles. The van der Waals surface area contributed by atoms with Gasteiger partial charge in [-0.2, -0.15) is 0 Å². The molecule has 0 aliphatic carbocycles. The molecule has 1 aliphatic heterocycles. The van der Waals surface area contributed by atoms with Crippen LogP contribution >= 0.6 is 12.4 Å². The third-order valence-electron chi connectivity index (χ3n) is 2.89.